The smallest absolute Gasteiger partial charge is 0.396 e. The average molecular weight is 198 g/mol. The van der Waals surface area contributed by atoms with Gasteiger partial charge in [0.2, 0.25) is 0 Å². The maximum atomic E-state index is 4.75. The summed E-state index contributed by atoms with van der Waals surface area (Å²) >= 11 is 0. The Morgan fingerprint density at radius 2 is 2.14 bits per heavy atom. The first-order chi connectivity index (χ1) is 6.86. The maximum Gasteiger partial charge on any atom is 0.396 e. The van der Waals surface area contributed by atoms with E-state index in [9.17, 15) is 0 Å². The molecule has 0 aliphatic carbocycles. The molecule has 2 aromatic heterocycles. The Balaban J connectivity index is 0.000000165. The van der Waals surface area contributed by atoms with Crippen LogP contribution in [0.15, 0.2) is 34.0 Å². The lowest BCUT2D eigenvalue weighted by Gasteiger charge is -1.86. The molecule has 0 saturated carbocycles. The molecule has 76 valence electrons. The Hall–Kier alpha value is -1.98. The van der Waals surface area contributed by atoms with Gasteiger partial charge in [-0.3, -0.25) is 0 Å². The molecule has 0 unspecified atom stereocenters. The summed E-state index contributed by atoms with van der Waals surface area (Å²) in [6, 6.07) is 0. The molecule has 2 heterocycles. The minimum absolute atomic E-state index is 0.215. The Morgan fingerprint density at radius 3 is 2.43 bits per heavy atom. The summed E-state index contributed by atoms with van der Waals surface area (Å²) in [6.45, 7) is 0. The fraction of sp³-hybridized carbons (Fsp3) is 0.250. The minimum Gasteiger partial charge on any atom is -0.479 e. The van der Waals surface area contributed by atoms with Crippen molar-refractivity contribution in [2.24, 2.45) is 0 Å². The fourth-order valence-electron chi connectivity index (χ4n) is 0.607. The number of hydrogen-bond acceptors (Lipinski definition) is 6. The summed E-state index contributed by atoms with van der Waals surface area (Å²) in [6.07, 6.45) is 6.06. The number of aromatic nitrogens is 2. The van der Waals surface area contributed by atoms with Crippen LogP contribution in [-0.2, 0) is 0 Å². The van der Waals surface area contributed by atoms with E-state index in [1.165, 1.54) is 33.1 Å². The highest BCUT2D eigenvalue weighted by molar-refractivity contribution is 5.04. The lowest BCUT2D eigenvalue weighted by Crippen LogP contribution is -1.83. The third-order valence-corrected chi connectivity index (χ3v) is 1.19. The molecule has 0 atom stereocenters. The van der Waals surface area contributed by atoms with Crippen LogP contribution in [0.4, 0.5) is 0 Å². The predicted molar refractivity (Wildman–Crippen MR) is 46.1 cm³/mol. The van der Waals surface area contributed by atoms with E-state index >= 15 is 0 Å². The van der Waals surface area contributed by atoms with E-state index in [1.54, 1.807) is 6.20 Å². The van der Waals surface area contributed by atoms with E-state index in [-0.39, 0.29) is 6.08 Å². The van der Waals surface area contributed by atoms with Crippen molar-refractivity contribution in [1.29, 1.82) is 0 Å². The van der Waals surface area contributed by atoms with Gasteiger partial charge in [-0.25, -0.2) is 4.98 Å². The SMILES string of the molecule is COc1coc(OC)n1.c1cocn1. The van der Waals surface area contributed by atoms with E-state index in [2.05, 4.69) is 19.1 Å². The molecule has 14 heavy (non-hydrogen) atoms. The lowest BCUT2D eigenvalue weighted by atomic mass is 10.9. The zero-order valence-electron chi connectivity index (χ0n) is 7.84. The zero-order chi connectivity index (χ0) is 10.2. The largest absolute Gasteiger partial charge is 0.479 e. The lowest BCUT2D eigenvalue weighted by molar-refractivity contribution is 0.290. The number of rotatable bonds is 2. The molecule has 0 bridgehead atoms. The van der Waals surface area contributed by atoms with Crippen molar-refractivity contribution < 1.29 is 18.3 Å². The van der Waals surface area contributed by atoms with Crippen LogP contribution in [0, 0.1) is 0 Å². The molecule has 0 radical (unpaired) electrons. The first kappa shape index (κ1) is 10.1. The molecule has 0 amide bonds. The van der Waals surface area contributed by atoms with Crippen LogP contribution in [0.1, 0.15) is 0 Å². The van der Waals surface area contributed by atoms with Crippen molar-refractivity contribution in [1.82, 2.24) is 9.97 Å². The van der Waals surface area contributed by atoms with E-state index < -0.39 is 0 Å². The van der Waals surface area contributed by atoms with E-state index in [0.29, 0.717) is 5.88 Å². The number of hydrogen-bond donors (Lipinski definition) is 0. The van der Waals surface area contributed by atoms with Crippen molar-refractivity contribution in [3.05, 3.63) is 25.1 Å². The first-order valence-electron chi connectivity index (χ1n) is 3.72. The Kier molecular flexibility index (Phi) is 4.06. The summed E-state index contributed by atoms with van der Waals surface area (Å²) in [5.74, 6) is 0.423. The molecule has 0 aliphatic heterocycles. The average Bonchev–Trinajstić information content (AvgIpc) is 2.92. The molecule has 0 spiro atoms. The topological polar surface area (TPSA) is 70.5 Å². The van der Waals surface area contributed by atoms with E-state index in [1.807, 2.05) is 0 Å². The van der Waals surface area contributed by atoms with Gasteiger partial charge in [0.1, 0.15) is 6.26 Å². The van der Waals surface area contributed by atoms with E-state index in [4.69, 9.17) is 9.15 Å². The van der Waals surface area contributed by atoms with Crippen LogP contribution < -0.4 is 9.47 Å². The van der Waals surface area contributed by atoms with Gasteiger partial charge < -0.3 is 18.3 Å². The van der Waals surface area contributed by atoms with Crippen LogP contribution in [-0.4, -0.2) is 24.2 Å². The Labute approximate surface area is 80.5 Å². The third kappa shape index (κ3) is 3.18. The second kappa shape index (κ2) is 5.63. The molecule has 0 fully saturated rings. The quantitative estimate of drug-likeness (QED) is 0.725. The Morgan fingerprint density at radius 1 is 1.29 bits per heavy atom. The molecular weight excluding hydrogens is 188 g/mol. The van der Waals surface area contributed by atoms with Gasteiger partial charge in [-0.05, 0) is 0 Å². The van der Waals surface area contributed by atoms with Crippen molar-refractivity contribution in [3.63, 3.8) is 0 Å². The molecule has 0 N–H and O–H groups in total. The van der Waals surface area contributed by atoms with Gasteiger partial charge in [0.15, 0.2) is 12.7 Å². The summed E-state index contributed by atoms with van der Waals surface area (Å²) in [5, 5.41) is 0. The summed E-state index contributed by atoms with van der Waals surface area (Å²) in [7, 11) is 2.99. The number of ether oxygens (including phenoxy) is 2. The monoisotopic (exact) mass is 198 g/mol. The van der Waals surface area contributed by atoms with Crippen molar-refractivity contribution in [3.8, 4) is 12.0 Å². The molecule has 6 heteroatoms. The molecular formula is C8H10N2O4. The van der Waals surface area contributed by atoms with Gasteiger partial charge in [-0.2, -0.15) is 0 Å². The van der Waals surface area contributed by atoms with Crippen molar-refractivity contribution in [2.45, 2.75) is 0 Å². The van der Waals surface area contributed by atoms with Gasteiger partial charge in [0.05, 0.1) is 20.4 Å². The van der Waals surface area contributed by atoms with Gasteiger partial charge >= 0.3 is 6.08 Å². The molecule has 0 aromatic carbocycles. The van der Waals surface area contributed by atoms with Crippen molar-refractivity contribution in [2.75, 3.05) is 14.2 Å². The summed E-state index contributed by atoms with van der Waals surface area (Å²) in [5.41, 5.74) is 0. The number of nitrogens with zero attached hydrogens (tertiary/aromatic N) is 2. The standard InChI is InChI=1S/C5H7NO3.C3H3NO/c1-7-4-3-9-5(6-4)8-2;1-2-5-3-4-1/h3H,1-2H3;1-3H. The van der Waals surface area contributed by atoms with Crippen LogP contribution in [0.5, 0.6) is 12.0 Å². The molecule has 2 aromatic rings. The molecule has 0 saturated heterocycles. The predicted octanol–water partition coefficient (Wildman–Crippen LogP) is 1.37. The van der Waals surface area contributed by atoms with Crippen LogP contribution in [0.25, 0.3) is 0 Å². The molecule has 6 nitrogen and oxygen atoms in total. The first-order valence-corrected chi connectivity index (χ1v) is 3.72. The van der Waals surface area contributed by atoms with E-state index in [0.717, 1.165) is 0 Å². The molecule has 0 aliphatic rings. The van der Waals surface area contributed by atoms with Gasteiger partial charge in [-0.1, -0.05) is 0 Å². The highest BCUT2D eigenvalue weighted by Crippen LogP contribution is 2.14. The molecule has 2 rings (SSSR count). The summed E-state index contributed by atoms with van der Waals surface area (Å²) < 4.78 is 18.6. The fourth-order valence-corrected chi connectivity index (χ4v) is 0.607. The third-order valence-electron chi connectivity index (χ3n) is 1.19. The highest BCUT2D eigenvalue weighted by atomic mass is 16.6. The van der Waals surface area contributed by atoms with Crippen LogP contribution in [0.3, 0.4) is 0 Å². The minimum atomic E-state index is 0.215. The Bertz CT molecular complexity index is 295. The van der Waals surface area contributed by atoms with Gasteiger partial charge in [-0.15, -0.1) is 4.98 Å². The number of methoxy groups -OCH3 is 2. The normalized spacial score (nSPS) is 8.71. The van der Waals surface area contributed by atoms with Gasteiger partial charge in [0.25, 0.3) is 5.88 Å². The van der Waals surface area contributed by atoms with Crippen molar-refractivity contribution >= 4 is 0 Å². The highest BCUT2D eigenvalue weighted by Gasteiger charge is 2.00. The van der Waals surface area contributed by atoms with Gasteiger partial charge in [0, 0.05) is 0 Å². The maximum absolute atomic E-state index is 4.75. The summed E-state index contributed by atoms with van der Waals surface area (Å²) in [4.78, 5) is 7.29. The van der Waals surface area contributed by atoms with Crippen LogP contribution >= 0.6 is 0 Å². The number of oxazole rings is 2. The second-order valence-corrected chi connectivity index (χ2v) is 2.04. The second-order valence-electron chi connectivity index (χ2n) is 2.04. The van der Waals surface area contributed by atoms with Crippen LogP contribution in [0.2, 0.25) is 0 Å². The zero-order valence-corrected chi connectivity index (χ0v) is 7.84.